The van der Waals surface area contributed by atoms with Crippen LogP contribution >= 0.6 is 0 Å². The molecule has 0 aliphatic carbocycles. The lowest BCUT2D eigenvalue weighted by Crippen LogP contribution is -2.47. The highest BCUT2D eigenvalue weighted by molar-refractivity contribution is 6.01. The highest BCUT2D eigenvalue weighted by Gasteiger charge is 2.30. The number of piperazine rings is 1. The number of alkyl halides is 3. The van der Waals surface area contributed by atoms with Crippen molar-refractivity contribution in [3.63, 3.8) is 0 Å². The third-order valence-corrected chi connectivity index (χ3v) is 5.43. The van der Waals surface area contributed by atoms with Crippen LogP contribution in [0.4, 0.5) is 24.9 Å². The number of carbonyl (C=O) groups is 1. The van der Waals surface area contributed by atoms with E-state index in [1.165, 1.54) is 30.5 Å². The number of benzene rings is 1. The average molecular weight is 503 g/mol. The minimum Gasteiger partial charge on any atom is -0.406 e. The summed E-state index contributed by atoms with van der Waals surface area (Å²) in [4.78, 5) is 34.3. The number of halogens is 3. The molecule has 36 heavy (non-hydrogen) atoms. The number of ether oxygens (including phenoxy) is 1. The van der Waals surface area contributed by atoms with Gasteiger partial charge < -0.3 is 20.1 Å². The first-order valence-corrected chi connectivity index (χ1v) is 11.1. The summed E-state index contributed by atoms with van der Waals surface area (Å²) < 4.78 is 40.6. The molecule has 13 heteroatoms. The highest BCUT2D eigenvalue weighted by atomic mass is 19.4. The summed E-state index contributed by atoms with van der Waals surface area (Å²) in [5.74, 6) is -0.0667. The SMILES string of the molecule is Cc1nc(N2CCN(CCO)CC2)nc2ncc(NC(=O)C=Cc3ccc(OC(F)(F)F)cc3)nc12. The van der Waals surface area contributed by atoms with Crippen LogP contribution in [0.1, 0.15) is 11.3 Å². The van der Waals surface area contributed by atoms with Gasteiger partial charge in [-0.15, -0.1) is 13.2 Å². The Hall–Kier alpha value is -3.84. The maximum absolute atomic E-state index is 12.3. The highest BCUT2D eigenvalue weighted by Crippen LogP contribution is 2.23. The lowest BCUT2D eigenvalue weighted by molar-refractivity contribution is -0.274. The third kappa shape index (κ3) is 6.64. The van der Waals surface area contributed by atoms with Crippen molar-refractivity contribution in [3.05, 3.63) is 47.8 Å². The van der Waals surface area contributed by atoms with E-state index in [1.807, 2.05) is 0 Å². The molecule has 3 heterocycles. The average Bonchev–Trinajstić information content (AvgIpc) is 2.84. The van der Waals surface area contributed by atoms with Gasteiger partial charge in [0.2, 0.25) is 11.9 Å². The number of amides is 1. The standard InChI is InChI=1S/C23H24F3N7O3/c1-15-20-21(31-22(28-15)33-10-8-32(9-11-33)12-13-34)27-14-18(30-20)29-19(35)7-4-16-2-5-17(6-3-16)36-23(24,25)26/h2-7,14,34H,8-13H2,1H3,(H,29,30,35). The van der Waals surface area contributed by atoms with Crippen LogP contribution in [0.15, 0.2) is 36.5 Å². The van der Waals surface area contributed by atoms with E-state index >= 15 is 0 Å². The number of fused-ring (bicyclic) bond motifs is 1. The second kappa shape index (κ2) is 10.8. The normalized spacial score (nSPS) is 15.0. The minimum absolute atomic E-state index is 0.129. The molecule has 0 saturated carbocycles. The van der Waals surface area contributed by atoms with Gasteiger partial charge in [-0.3, -0.25) is 9.69 Å². The van der Waals surface area contributed by atoms with Crippen LogP contribution in [-0.4, -0.2) is 81.5 Å². The zero-order valence-corrected chi connectivity index (χ0v) is 19.4. The number of aryl methyl sites for hydroxylation is 1. The molecule has 2 N–H and O–H groups in total. The Morgan fingerprint density at radius 2 is 1.86 bits per heavy atom. The Kier molecular flexibility index (Phi) is 7.60. The molecular weight excluding hydrogens is 479 g/mol. The number of β-amino-alcohol motifs (C(OH)–C–C–N with tert-alkyl or cyclic N) is 1. The van der Waals surface area contributed by atoms with E-state index in [1.54, 1.807) is 6.92 Å². The number of aliphatic hydroxyl groups excluding tert-OH is 1. The first-order chi connectivity index (χ1) is 17.2. The second-order valence-corrected chi connectivity index (χ2v) is 8.03. The molecule has 0 unspecified atom stereocenters. The Labute approximate surface area is 204 Å². The Bertz CT molecular complexity index is 1240. The largest absolute Gasteiger partial charge is 0.573 e. The van der Waals surface area contributed by atoms with Gasteiger partial charge in [0.15, 0.2) is 11.5 Å². The smallest absolute Gasteiger partial charge is 0.406 e. The fourth-order valence-corrected chi connectivity index (χ4v) is 3.66. The number of nitrogens with one attached hydrogen (secondary N) is 1. The van der Waals surface area contributed by atoms with Gasteiger partial charge in [0.1, 0.15) is 11.3 Å². The van der Waals surface area contributed by atoms with Crippen LogP contribution < -0.4 is 15.0 Å². The summed E-state index contributed by atoms with van der Waals surface area (Å²) in [7, 11) is 0. The molecule has 0 bridgehead atoms. The third-order valence-electron chi connectivity index (χ3n) is 5.43. The molecule has 10 nitrogen and oxygen atoms in total. The van der Waals surface area contributed by atoms with Crippen molar-refractivity contribution in [1.82, 2.24) is 24.8 Å². The van der Waals surface area contributed by atoms with E-state index in [9.17, 15) is 18.0 Å². The first-order valence-electron chi connectivity index (χ1n) is 11.1. The van der Waals surface area contributed by atoms with E-state index in [0.717, 1.165) is 38.3 Å². The maximum Gasteiger partial charge on any atom is 0.573 e. The van der Waals surface area contributed by atoms with Crippen LogP contribution in [0.3, 0.4) is 0 Å². The molecule has 1 aliphatic heterocycles. The molecule has 190 valence electrons. The van der Waals surface area contributed by atoms with Crippen LogP contribution in [0.2, 0.25) is 0 Å². The van der Waals surface area contributed by atoms with E-state index in [2.05, 4.69) is 39.8 Å². The van der Waals surface area contributed by atoms with Gasteiger partial charge >= 0.3 is 6.36 Å². The van der Waals surface area contributed by atoms with Crippen LogP contribution in [-0.2, 0) is 4.79 Å². The Morgan fingerprint density at radius 3 is 2.53 bits per heavy atom. The van der Waals surface area contributed by atoms with Crippen molar-refractivity contribution in [2.24, 2.45) is 0 Å². The van der Waals surface area contributed by atoms with E-state index in [4.69, 9.17) is 5.11 Å². The van der Waals surface area contributed by atoms with Gasteiger partial charge in [0.25, 0.3) is 0 Å². The summed E-state index contributed by atoms with van der Waals surface area (Å²) >= 11 is 0. The minimum atomic E-state index is -4.76. The fraction of sp³-hybridized carbons (Fsp3) is 0.348. The first kappa shape index (κ1) is 25.3. The van der Waals surface area contributed by atoms with Crippen molar-refractivity contribution in [2.75, 3.05) is 49.5 Å². The molecule has 1 saturated heterocycles. The summed E-state index contributed by atoms with van der Waals surface area (Å²) in [6, 6.07) is 5.11. The zero-order valence-electron chi connectivity index (χ0n) is 19.4. The van der Waals surface area contributed by atoms with Gasteiger partial charge in [-0.1, -0.05) is 12.1 Å². The van der Waals surface area contributed by atoms with Gasteiger partial charge in [-0.05, 0) is 30.7 Å². The quantitative estimate of drug-likeness (QED) is 0.469. The number of anilines is 2. The number of nitrogens with zero attached hydrogens (tertiary/aromatic N) is 6. The van der Waals surface area contributed by atoms with Gasteiger partial charge in [0.05, 0.1) is 18.5 Å². The molecular formula is C23H24F3N7O3. The molecule has 4 rings (SSSR count). The molecule has 0 radical (unpaired) electrons. The number of hydrogen-bond acceptors (Lipinski definition) is 9. The Balaban J connectivity index is 1.39. The topological polar surface area (TPSA) is 117 Å². The number of aromatic nitrogens is 4. The van der Waals surface area contributed by atoms with Gasteiger partial charge in [-0.2, -0.15) is 4.98 Å². The predicted octanol–water partition coefficient (Wildman–Crippen LogP) is 2.39. The van der Waals surface area contributed by atoms with Crippen molar-refractivity contribution in [1.29, 1.82) is 0 Å². The maximum atomic E-state index is 12.3. The van der Waals surface area contributed by atoms with Crippen LogP contribution in [0.5, 0.6) is 5.75 Å². The van der Waals surface area contributed by atoms with Crippen LogP contribution in [0.25, 0.3) is 17.2 Å². The number of carbonyl (C=O) groups excluding carboxylic acids is 1. The number of aliphatic hydroxyl groups is 1. The fourth-order valence-electron chi connectivity index (χ4n) is 3.66. The van der Waals surface area contributed by atoms with Crippen molar-refractivity contribution in [3.8, 4) is 5.75 Å². The second-order valence-electron chi connectivity index (χ2n) is 8.03. The van der Waals surface area contributed by atoms with Crippen LogP contribution in [0, 0.1) is 6.92 Å². The summed E-state index contributed by atoms with van der Waals surface area (Å²) in [6.07, 6.45) is -0.692. The summed E-state index contributed by atoms with van der Waals surface area (Å²) in [6.45, 7) is 5.64. The molecule has 1 aliphatic rings. The summed E-state index contributed by atoms with van der Waals surface area (Å²) in [5, 5.41) is 11.7. The molecule has 2 aromatic heterocycles. The molecule has 0 atom stereocenters. The zero-order chi connectivity index (χ0) is 25.7. The molecule has 3 aromatic rings. The van der Waals surface area contributed by atoms with E-state index < -0.39 is 12.3 Å². The van der Waals surface area contributed by atoms with E-state index in [0.29, 0.717) is 34.9 Å². The lowest BCUT2D eigenvalue weighted by atomic mass is 10.2. The van der Waals surface area contributed by atoms with Gasteiger partial charge in [-0.25, -0.2) is 15.0 Å². The van der Waals surface area contributed by atoms with Crippen molar-refractivity contribution >= 4 is 34.9 Å². The predicted molar refractivity (Wildman–Crippen MR) is 126 cm³/mol. The molecule has 1 amide bonds. The number of hydrogen-bond donors (Lipinski definition) is 2. The molecule has 0 spiro atoms. The van der Waals surface area contributed by atoms with Crippen molar-refractivity contribution < 1.29 is 27.8 Å². The number of rotatable bonds is 7. The van der Waals surface area contributed by atoms with E-state index in [-0.39, 0.29) is 18.2 Å². The van der Waals surface area contributed by atoms with Gasteiger partial charge in [0, 0.05) is 38.8 Å². The van der Waals surface area contributed by atoms with Crippen molar-refractivity contribution in [2.45, 2.75) is 13.3 Å². The molecule has 1 aromatic carbocycles. The molecule has 1 fully saturated rings. The summed E-state index contributed by atoms with van der Waals surface area (Å²) in [5.41, 5.74) is 2.00. The monoisotopic (exact) mass is 503 g/mol. The Morgan fingerprint density at radius 1 is 1.14 bits per heavy atom. The lowest BCUT2D eigenvalue weighted by Gasteiger charge is -2.34.